The topological polar surface area (TPSA) is 527 Å². The number of aliphatic hydroxyl groups excluding tert-OH is 15. The van der Waals surface area contributed by atoms with E-state index in [9.17, 15) is 28.8 Å². The summed E-state index contributed by atoms with van der Waals surface area (Å²) in [6, 6.07) is 0. The molecule has 0 aliphatic heterocycles. The molecule has 0 aromatic rings. The lowest BCUT2D eigenvalue weighted by atomic mass is 10.0. The van der Waals surface area contributed by atoms with Crippen LogP contribution in [0.5, 0.6) is 0 Å². The lowest BCUT2D eigenvalue weighted by Crippen LogP contribution is -2.15. The van der Waals surface area contributed by atoms with Gasteiger partial charge in [0.25, 0.3) is 0 Å². The largest absolute Gasteiger partial charge is 0.481 e. The Morgan fingerprint density at radius 3 is 0.225 bits per heavy atom. The highest BCUT2D eigenvalue weighted by Gasteiger charge is 2.06. The average Bonchev–Trinajstić information content (AvgIpc) is 1.10. The van der Waals surface area contributed by atoms with Crippen LogP contribution >= 0.6 is 0 Å². The molecule has 0 aromatic carbocycles. The van der Waals surface area contributed by atoms with Crippen LogP contribution < -0.4 is 0 Å². The molecule has 0 saturated carbocycles. The Bertz CT molecular complexity index is 1770. The first-order valence-corrected chi connectivity index (χ1v) is 56.5. The smallest absolute Gasteiger partial charge is 0.303 e. The fourth-order valence-electron chi connectivity index (χ4n) is 14.1. The Hall–Kier alpha value is -3.78. The second-order valence-corrected chi connectivity index (χ2v) is 37.4. The highest BCUT2D eigenvalue weighted by Crippen LogP contribution is 2.20. The van der Waals surface area contributed by atoms with Gasteiger partial charge in [-0.1, -0.05) is 504 Å². The number of carbonyl (C=O) groups is 6. The average molecular weight is 2000 g/mol. The second kappa shape index (κ2) is 153. The molecular weight excluding hydrogens is 1770 g/mol. The summed E-state index contributed by atoms with van der Waals surface area (Å²) in [7, 11) is 0. The van der Waals surface area contributed by atoms with Crippen LogP contribution in [0.15, 0.2) is 0 Å². The number of aliphatic carboxylic acids is 6. The van der Waals surface area contributed by atoms with Gasteiger partial charge in [0.2, 0.25) is 0 Å². The van der Waals surface area contributed by atoms with Crippen LogP contribution in [-0.2, 0) is 28.8 Å². The molecule has 0 aromatic heterocycles. The van der Waals surface area contributed by atoms with Gasteiger partial charge in [-0.05, 0) is 38.5 Å². The molecule has 21 N–H and O–H groups in total. The van der Waals surface area contributed by atoms with E-state index in [4.69, 9.17) is 107 Å². The fourth-order valence-corrected chi connectivity index (χ4v) is 14.1. The maximum Gasteiger partial charge on any atom is 0.303 e. The van der Waals surface area contributed by atoms with Crippen molar-refractivity contribution in [3.8, 4) is 0 Å². The van der Waals surface area contributed by atoms with Crippen LogP contribution in [0.3, 0.4) is 0 Å². The van der Waals surface area contributed by atoms with E-state index in [1.54, 1.807) is 0 Å². The minimum atomic E-state index is -0.954. The van der Waals surface area contributed by atoms with Crippen LogP contribution in [0.25, 0.3) is 0 Å². The third-order valence-electron chi connectivity index (χ3n) is 23.1. The van der Waals surface area contributed by atoms with E-state index in [0.29, 0.717) is 38.5 Å². The summed E-state index contributed by atoms with van der Waals surface area (Å²) in [5.41, 5.74) is 0. The zero-order valence-electron chi connectivity index (χ0n) is 90.2. The molecule has 0 aliphatic rings. The molecule has 0 rings (SSSR count). The Balaban J connectivity index is -0.000000147. The molecular formula is C111H232O27. The summed E-state index contributed by atoms with van der Waals surface area (Å²) in [4.78, 5) is 61.8. The number of unbranched alkanes of at least 4 members (excludes halogenated alkanes) is 72. The third-order valence-corrected chi connectivity index (χ3v) is 23.1. The number of hydrogen-bond acceptors (Lipinski definition) is 21. The van der Waals surface area contributed by atoms with Gasteiger partial charge in [-0.3, -0.25) is 28.8 Å². The van der Waals surface area contributed by atoms with Crippen molar-refractivity contribution in [1.82, 2.24) is 0 Å². The molecule has 0 atom stereocenters. The lowest BCUT2D eigenvalue weighted by Gasteiger charge is -2.02. The molecule has 0 aliphatic carbocycles. The first-order chi connectivity index (χ1) is 66.7. The SMILES string of the molecule is CCCCCCCCCCCCCCCC(=O)O.CCCCCCCCCCCCCCCC(=O)O.CCCCCCCCCCCCCCCC(=O)O.CCCCCCCCCCCCCCCC(=O)O.CCCCCCCCCCCCCCCC(=O)O.CCCCCCCCCCCCCCCC(=O)O.OCC(O)CO.OCC(O)CO.OCC(O)CO.OCC(O)CO.OCC(O)CO. The minimum absolute atomic E-state index is 0.345. The van der Waals surface area contributed by atoms with Crippen LogP contribution in [0.2, 0.25) is 0 Å². The second-order valence-electron chi connectivity index (χ2n) is 37.4. The van der Waals surface area contributed by atoms with Gasteiger partial charge < -0.3 is 107 Å². The molecule has 27 nitrogen and oxygen atoms in total. The number of rotatable bonds is 94. The number of aliphatic hydroxyl groups is 15. The van der Waals surface area contributed by atoms with Crippen molar-refractivity contribution in [2.24, 2.45) is 0 Å². The maximum absolute atomic E-state index is 10.3. The molecule has 0 bridgehead atoms. The van der Waals surface area contributed by atoms with E-state index in [1.165, 1.54) is 424 Å². The summed E-state index contributed by atoms with van der Waals surface area (Å²) in [6.45, 7) is 9.92. The van der Waals surface area contributed by atoms with E-state index in [1.807, 2.05) is 0 Å². The zero-order valence-corrected chi connectivity index (χ0v) is 90.2. The van der Waals surface area contributed by atoms with Crippen LogP contribution in [0.1, 0.15) is 581 Å². The van der Waals surface area contributed by atoms with Crippen molar-refractivity contribution in [1.29, 1.82) is 0 Å². The highest BCUT2D eigenvalue weighted by atomic mass is 16.4. The van der Waals surface area contributed by atoms with Gasteiger partial charge >= 0.3 is 35.8 Å². The van der Waals surface area contributed by atoms with E-state index in [0.717, 1.165) is 77.0 Å². The maximum atomic E-state index is 10.3. The van der Waals surface area contributed by atoms with Crippen molar-refractivity contribution >= 4 is 35.8 Å². The summed E-state index contributed by atoms with van der Waals surface area (Å²) >= 11 is 0. The molecule has 0 unspecified atom stereocenters. The molecule has 0 amide bonds. The Kier molecular flexibility index (Phi) is 174. The van der Waals surface area contributed by atoms with Gasteiger partial charge in [-0.15, -0.1) is 0 Å². The van der Waals surface area contributed by atoms with E-state index in [-0.39, 0.29) is 66.1 Å². The summed E-state index contributed by atoms with van der Waals surface area (Å²) < 4.78 is 0. The van der Waals surface area contributed by atoms with E-state index < -0.39 is 66.3 Å². The van der Waals surface area contributed by atoms with Crippen molar-refractivity contribution in [2.45, 2.75) is 611 Å². The van der Waals surface area contributed by atoms with Crippen molar-refractivity contribution in [3.05, 3.63) is 0 Å². The van der Waals surface area contributed by atoms with Gasteiger partial charge in [-0.2, -0.15) is 0 Å². The van der Waals surface area contributed by atoms with Crippen LogP contribution in [0, 0.1) is 0 Å². The predicted molar refractivity (Wildman–Crippen MR) is 569 cm³/mol. The molecule has 0 heterocycles. The predicted octanol–water partition coefficient (Wildman–Crippen LogP) is 25.0. The lowest BCUT2D eigenvalue weighted by molar-refractivity contribution is -0.138. The standard InChI is InChI=1S/6C16H32O2.5C3H8O3/c6*1-2-3-4-5-6-7-8-9-10-11-12-13-14-15-16(17)18;5*4-1-3(6)2-5/h6*2-15H2,1H3,(H,17,18);5*3-6H,1-2H2. The van der Waals surface area contributed by atoms with Gasteiger partial charge in [-0.25, -0.2) is 0 Å². The zero-order chi connectivity index (χ0) is 106. The minimum Gasteiger partial charge on any atom is -0.481 e. The van der Waals surface area contributed by atoms with Crippen LogP contribution in [-0.4, -0.2) is 240 Å². The van der Waals surface area contributed by atoms with Gasteiger partial charge in [0.05, 0.1) is 66.1 Å². The van der Waals surface area contributed by atoms with Gasteiger partial charge in [0, 0.05) is 38.5 Å². The molecule has 0 radical (unpaired) electrons. The summed E-state index contributed by atoms with van der Waals surface area (Å²) in [6.07, 6.45) is 98.8. The first-order valence-electron chi connectivity index (χ1n) is 56.5. The summed E-state index contributed by atoms with van der Waals surface area (Å²) in [5.74, 6) is -3.93. The van der Waals surface area contributed by atoms with Gasteiger partial charge in [0.15, 0.2) is 0 Å². The fraction of sp³-hybridized carbons (Fsp3) is 0.946. The number of hydrogen-bond donors (Lipinski definition) is 21. The monoisotopic (exact) mass is 2000 g/mol. The Morgan fingerprint density at radius 1 is 0.123 bits per heavy atom. The Labute approximate surface area is 845 Å². The normalized spacial score (nSPS) is 10.6. The highest BCUT2D eigenvalue weighted by molar-refractivity contribution is 5.68. The van der Waals surface area contributed by atoms with E-state index in [2.05, 4.69) is 41.5 Å². The molecule has 138 heavy (non-hydrogen) atoms. The van der Waals surface area contributed by atoms with Crippen LogP contribution in [0.4, 0.5) is 0 Å². The van der Waals surface area contributed by atoms with E-state index >= 15 is 0 Å². The first kappa shape index (κ1) is 157. The number of carboxylic acids is 6. The third kappa shape index (κ3) is 202. The van der Waals surface area contributed by atoms with Crippen molar-refractivity contribution < 1.29 is 136 Å². The Morgan fingerprint density at radius 2 is 0.181 bits per heavy atom. The molecule has 27 heteroatoms. The van der Waals surface area contributed by atoms with Crippen molar-refractivity contribution in [2.75, 3.05) is 66.1 Å². The van der Waals surface area contributed by atoms with Crippen molar-refractivity contribution in [3.63, 3.8) is 0 Å². The number of carboxylic acid groups (broad SMARTS) is 6. The van der Waals surface area contributed by atoms with Gasteiger partial charge in [0.1, 0.15) is 30.5 Å². The molecule has 0 spiro atoms. The quantitative estimate of drug-likeness (QED) is 0.0251. The molecule has 0 fully saturated rings. The summed E-state index contributed by atoms with van der Waals surface area (Å²) in [5, 5.41) is 171. The molecule has 838 valence electrons. The molecule has 0 saturated heterocycles.